The van der Waals surface area contributed by atoms with E-state index in [0.29, 0.717) is 6.42 Å². The number of hydrogen-bond donors (Lipinski definition) is 0. The molecule has 0 saturated carbocycles. The van der Waals surface area contributed by atoms with Crippen LogP contribution in [-0.2, 0) is 4.79 Å². The lowest BCUT2D eigenvalue weighted by Gasteiger charge is -2.19. The number of benzene rings is 1. The van der Waals surface area contributed by atoms with Crippen LogP contribution in [0.4, 0.5) is 0 Å². The first kappa shape index (κ1) is 9.66. The molecule has 0 aromatic heterocycles. The molecule has 1 aromatic carbocycles. The second kappa shape index (κ2) is 3.49. The average Bonchev–Trinajstić information content (AvgIpc) is 2.86. The molecule has 0 radical (unpaired) electrons. The molecule has 0 bridgehead atoms. The summed E-state index contributed by atoms with van der Waals surface area (Å²) in [5.74, 6) is 1.73. The lowest BCUT2D eigenvalue weighted by molar-refractivity contribution is -0.119. The summed E-state index contributed by atoms with van der Waals surface area (Å²) >= 11 is 0. The van der Waals surface area contributed by atoms with Gasteiger partial charge in [-0.05, 0) is 13.1 Å². The lowest BCUT2D eigenvalue weighted by Crippen LogP contribution is -2.21. The second-order valence-corrected chi connectivity index (χ2v) is 4.18. The Morgan fingerprint density at radius 2 is 2.25 bits per heavy atom. The molecule has 1 saturated heterocycles. The van der Waals surface area contributed by atoms with Crippen molar-refractivity contribution in [3.05, 3.63) is 23.8 Å². The molecule has 0 spiro atoms. The van der Waals surface area contributed by atoms with Gasteiger partial charge in [-0.25, -0.2) is 0 Å². The number of Topliss-reactive ketones (excluding diaryl/α,β-unsaturated/α-hetero) is 1. The minimum Gasteiger partial charge on any atom is -0.454 e. The highest BCUT2D eigenvalue weighted by Crippen LogP contribution is 2.41. The number of likely N-dealkylation sites (N-methyl/N-ethyl adjacent to an activating group) is 1. The molecule has 16 heavy (non-hydrogen) atoms. The van der Waals surface area contributed by atoms with Crippen molar-refractivity contribution < 1.29 is 14.3 Å². The van der Waals surface area contributed by atoms with Crippen LogP contribution in [0.2, 0.25) is 0 Å². The molecule has 0 N–H and O–H groups in total. The first-order valence-corrected chi connectivity index (χ1v) is 5.39. The molecule has 4 heteroatoms. The van der Waals surface area contributed by atoms with E-state index in [1.54, 1.807) is 0 Å². The van der Waals surface area contributed by atoms with Crippen molar-refractivity contribution in [3.8, 4) is 11.5 Å². The van der Waals surface area contributed by atoms with E-state index in [2.05, 4.69) is 4.90 Å². The number of likely N-dealkylation sites (tertiary alicyclic amines) is 1. The lowest BCUT2D eigenvalue weighted by atomic mass is 10.0. The summed E-state index contributed by atoms with van der Waals surface area (Å²) in [6.07, 6.45) is 0.617. The quantitative estimate of drug-likeness (QED) is 0.715. The molecule has 4 nitrogen and oxygen atoms in total. The largest absolute Gasteiger partial charge is 0.454 e. The number of nitrogens with zero attached hydrogens (tertiary/aromatic N) is 1. The Kier molecular flexibility index (Phi) is 2.11. The molecule has 0 amide bonds. The fourth-order valence-corrected chi connectivity index (χ4v) is 2.38. The minimum atomic E-state index is -0.170. The molecule has 2 heterocycles. The van der Waals surface area contributed by atoms with E-state index in [1.807, 2.05) is 25.2 Å². The van der Waals surface area contributed by atoms with Gasteiger partial charge in [0.05, 0.1) is 6.04 Å². The van der Waals surface area contributed by atoms with Crippen molar-refractivity contribution >= 4 is 5.78 Å². The monoisotopic (exact) mass is 219 g/mol. The third kappa shape index (κ3) is 1.30. The topological polar surface area (TPSA) is 38.8 Å². The van der Waals surface area contributed by atoms with E-state index in [1.165, 1.54) is 0 Å². The third-order valence-corrected chi connectivity index (χ3v) is 3.18. The number of ketones is 1. The third-order valence-electron chi connectivity index (χ3n) is 3.18. The molecule has 1 aromatic rings. The summed E-state index contributed by atoms with van der Waals surface area (Å²) in [6, 6.07) is 5.54. The fourth-order valence-electron chi connectivity index (χ4n) is 2.38. The number of carbonyl (C=O) groups is 1. The van der Waals surface area contributed by atoms with E-state index in [4.69, 9.17) is 9.47 Å². The Balaban J connectivity index is 2.06. The number of fused-ring (bicyclic) bond motifs is 1. The van der Waals surface area contributed by atoms with E-state index in [-0.39, 0.29) is 18.6 Å². The van der Waals surface area contributed by atoms with E-state index < -0.39 is 0 Å². The van der Waals surface area contributed by atoms with Gasteiger partial charge in [0.25, 0.3) is 0 Å². The van der Waals surface area contributed by atoms with Crippen molar-refractivity contribution in [2.75, 3.05) is 20.4 Å². The van der Waals surface area contributed by atoms with Crippen LogP contribution in [0.3, 0.4) is 0 Å². The zero-order chi connectivity index (χ0) is 11.1. The van der Waals surface area contributed by atoms with Gasteiger partial charge in [-0.15, -0.1) is 0 Å². The maximum Gasteiger partial charge on any atom is 0.231 e. The average molecular weight is 219 g/mol. The van der Waals surface area contributed by atoms with Gasteiger partial charge in [-0.1, -0.05) is 12.1 Å². The summed E-state index contributed by atoms with van der Waals surface area (Å²) in [5, 5.41) is 0. The van der Waals surface area contributed by atoms with Crippen LogP contribution in [-0.4, -0.2) is 31.1 Å². The Morgan fingerprint density at radius 3 is 3.00 bits per heavy atom. The smallest absolute Gasteiger partial charge is 0.231 e. The zero-order valence-electron chi connectivity index (χ0n) is 9.10. The highest BCUT2D eigenvalue weighted by Gasteiger charge is 2.34. The van der Waals surface area contributed by atoms with Gasteiger partial charge in [-0.2, -0.15) is 0 Å². The molecule has 1 fully saturated rings. The highest BCUT2D eigenvalue weighted by atomic mass is 16.7. The van der Waals surface area contributed by atoms with Gasteiger partial charge in [0, 0.05) is 18.5 Å². The maximum atomic E-state index is 11.8. The van der Waals surface area contributed by atoms with Crippen LogP contribution in [0.5, 0.6) is 11.5 Å². The van der Waals surface area contributed by atoms with Crippen LogP contribution >= 0.6 is 0 Å². The van der Waals surface area contributed by atoms with Crippen molar-refractivity contribution in [1.82, 2.24) is 4.90 Å². The Bertz CT molecular complexity index is 444. The normalized spacial score (nSPS) is 24.1. The molecule has 2 aliphatic rings. The van der Waals surface area contributed by atoms with Gasteiger partial charge in [0.15, 0.2) is 17.3 Å². The second-order valence-electron chi connectivity index (χ2n) is 4.18. The number of ether oxygens (including phenoxy) is 2. The minimum absolute atomic E-state index is 0.170. The summed E-state index contributed by atoms with van der Waals surface area (Å²) in [4.78, 5) is 13.9. The summed E-state index contributed by atoms with van der Waals surface area (Å²) in [5.41, 5.74) is 0.931. The first-order chi connectivity index (χ1) is 7.77. The van der Waals surface area contributed by atoms with E-state index in [0.717, 1.165) is 23.6 Å². The van der Waals surface area contributed by atoms with Crippen molar-refractivity contribution in [3.63, 3.8) is 0 Å². The van der Waals surface area contributed by atoms with E-state index in [9.17, 15) is 4.79 Å². The number of carbonyl (C=O) groups excluding carboxylic acids is 1. The summed E-state index contributed by atoms with van der Waals surface area (Å²) in [7, 11) is 1.96. The molecule has 3 rings (SSSR count). The van der Waals surface area contributed by atoms with Gasteiger partial charge < -0.3 is 9.47 Å². The predicted octanol–water partition coefficient (Wildman–Crippen LogP) is 1.36. The number of para-hydroxylation sites is 1. The van der Waals surface area contributed by atoms with Crippen molar-refractivity contribution in [2.24, 2.45) is 0 Å². The van der Waals surface area contributed by atoms with Crippen molar-refractivity contribution in [2.45, 2.75) is 12.5 Å². The Hall–Kier alpha value is -1.55. The molecule has 0 aliphatic carbocycles. The number of hydrogen-bond acceptors (Lipinski definition) is 4. The summed E-state index contributed by atoms with van der Waals surface area (Å²) < 4.78 is 10.8. The van der Waals surface area contributed by atoms with E-state index >= 15 is 0 Å². The van der Waals surface area contributed by atoms with Crippen LogP contribution in [0.25, 0.3) is 0 Å². The van der Waals surface area contributed by atoms with Crippen LogP contribution in [0.1, 0.15) is 18.0 Å². The SMILES string of the molecule is CN1CCC(=O)C1c1cccc2c1OCO2. The van der Waals surface area contributed by atoms with Gasteiger partial charge in [0.2, 0.25) is 6.79 Å². The predicted molar refractivity (Wildman–Crippen MR) is 57.6 cm³/mol. The zero-order valence-corrected chi connectivity index (χ0v) is 9.10. The molecule has 2 aliphatic heterocycles. The highest BCUT2D eigenvalue weighted by molar-refractivity contribution is 5.88. The molecule has 1 atom stereocenters. The molecular weight excluding hydrogens is 206 g/mol. The van der Waals surface area contributed by atoms with Gasteiger partial charge in [-0.3, -0.25) is 9.69 Å². The summed E-state index contributed by atoms with van der Waals surface area (Å²) in [6.45, 7) is 1.06. The van der Waals surface area contributed by atoms with Crippen LogP contribution in [0, 0.1) is 0 Å². The maximum absolute atomic E-state index is 11.8. The van der Waals surface area contributed by atoms with Gasteiger partial charge in [0.1, 0.15) is 0 Å². The Labute approximate surface area is 93.8 Å². The van der Waals surface area contributed by atoms with Crippen molar-refractivity contribution in [1.29, 1.82) is 0 Å². The van der Waals surface area contributed by atoms with Crippen LogP contribution in [0.15, 0.2) is 18.2 Å². The van der Waals surface area contributed by atoms with Gasteiger partial charge >= 0.3 is 0 Å². The number of rotatable bonds is 1. The molecule has 1 unspecified atom stereocenters. The Morgan fingerprint density at radius 1 is 1.38 bits per heavy atom. The fraction of sp³-hybridized carbons (Fsp3) is 0.417. The molecule has 84 valence electrons. The first-order valence-electron chi connectivity index (χ1n) is 5.39. The molecular formula is C12H13NO3. The van der Waals surface area contributed by atoms with Crippen LogP contribution < -0.4 is 9.47 Å². The standard InChI is InChI=1S/C12H13NO3/c1-13-6-5-9(14)11(13)8-3-2-4-10-12(8)16-7-15-10/h2-4,11H,5-7H2,1H3.